The summed E-state index contributed by atoms with van der Waals surface area (Å²) in [5, 5.41) is 2.56. The zero-order valence-corrected chi connectivity index (χ0v) is 33.5. The van der Waals surface area contributed by atoms with Crippen LogP contribution < -0.4 is 4.90 Å². The molecule has 0 saturated heterocycles. The molecule has 2 aliphatic carbocycles. The highest BCUT2D eigenvalue weighted by Gasteiger charge is 2.16. The highest BCUT2D eigenvalue weighted by Crippen LogP contribution is 2.38. The Morgan fingerprint density at radius 1 is 0.552 bits per heavy atom. The number of nitrogens with zero attached hydrogens (tertiary/aromatic N) is 2. The SMILES string of the molecule is C1=CC=Cc2c(ccc3c2c2ccccc2n3-c2cccc(-c3ccccc3)c2)C=1.CC.CN(c1ccccc1)c1ccc(-c2ccc(C3=CC=CCC3)cc2)cc1. The lowest BCUT2D eigenvalue weighted by molar-refractivity contribution is 1.05. The summed E-state index contributed by atoms with van der Waals surface area (Å²) in [5.74, 6) is 0. The minimum Gasteiger partial charge on any atom is -0.345 e. The summed E-state index contributed by atoms with van der Waals surface area (Å²) in [4.78, 5) is 2.20. The molecule has 0 saturated carbocycles. The van der Waals surface area contributed by atoms with Gasteiger partial charge in [-0.2, -0.15) is 0 Å². The molecule has 2 nitrogen and oxygen atoms in total. The zero-order valence-electron chi connectivity index (χ0n) is 33.5. The highest BCUT2D eigenvalue weighted by molar-refractivity contribution is 6.14. The molecule has 2 aliphatic rings. The molecule has 1 aromatic heterocycles. The van der Waals surface area contributed by atoms with E-state index in [0.717, 1.165) is 12.8 Å². The molecule has 1 heterocycles. The van der Waals surface area contributed by atoms with Crippen molar-refractivity contribution >= 4 is 50.9 Å². The van der Waals surface area contributed by atoms with Gasteiger partial charge in [-0.05, 0) is 118 Å². The van der Waals surface area contributed by atoms with Gasteiger partial charge < -0.3 is 9.47 Å². The maximum absolute atomic E-state index is 3.24. The predicted octanol–water partition coefficient (Wildman–Crippen LogP) is 15.5. The summed E-state index contributed by atoms with van der Waals surface area (Å²) in [7, 11) is 2.10. The van der Waals surface area contributed by atoms with Crippen molar-refractivity contribution in [1.82, 2.24) is 4.57 Å². The molecule has 10 rings (SSSR count). The van der Waals surface area contributed by atoms with Crippen LogP contribution in [0.15, 0.2) is 206 Å². The Balaban J connectivity index is 0.000000157. The van der Waals surface area contributed by atoms with Gasteiger partial charge in [0.2, 0.25) is 0 Å². The lowest BCUT2D eigenvalue weighted by atomic mass is 9.95. The summed E-state index contributed by atoms with van der Waals surface area (Å²) in [5.41, 5.74) is 19.4. The molecule has 8 aromatic rings. The van der Waals surface area contributed by atoms with Crippen molar-refractivity contribution in [3.05, 3.63) is 223 Å². The topological polar surface area (TPSA) is 8.17 Å². The first kappa shape index (κ1) is 37.8. The van der Waals surface area contributed by atoms with Crippen molar-refractivity contribution in [1.29, 1.82) is 0 Å². The summed E-state index contributed by atoms with van der Waals surface area (Å²) < 4.78 is 2.38. The molecule has 0 amide bonds. The zero-order chi connectivity index (χ0) is 39.7. The Labute approximate surface area is 343 Å². The molecule has 0 atom stereocenters. The van der Waals surface area contributed by atoms with Gasteiger partial charge >= 0.3 is 0 Å². The molecule has 2 heteroatoms. The van der Waals surface area contributed by atoms with Gasteiger partial charge in [-0.25, -0.2) is 0 Å². The van der Waals surface area contributed by atoms with E-state index in [0.29, 0.717) is 0 Å². The minimum atomic E-state index is 1.14. The second-order valence-corrected chi connectivity index (χ2v) is 14.2. The van der Waals surface area contributed by atoms with Crippen LogP contribution in [0.25, 0.3) is 67.5 Å². The summed E-state index contributed by atoms with van der Waals surface area (Å²) >= 11 is 0. The van der Waals surface area contributed by atoms with E-state index in [9.17, 15) is 0 Å². The van der Waals surface area contributed by atoms with Crippen LogP contribution in [-0.4, -0.2) is 11.6 Å². The third-order valence-corrected chi connectivity index (χ3v) is 10.8. The van der Waals surface area contributed by atoms with E-state index < -0.39 is 0 Å². The number of fused-ring (bicyclic) bond motifs is 5. The van der Waals surface area contributed by atoms with Crippen LogP contribution >= 0.6 is 0 Å². The largest absolute Gasteiger partial charge is 0.345 e. The predicted molar refractivity (Wildman–Crippen MR) is 252 cm³/mol. The molecule has 0 unspecified atom stereocenters. The van der Waals surface area contributed by atoms with Gasteiger partial charge in [0.1, 0.15) is 0 Å². The Bertz CT molecular complexity index is 2810. The van der Waals surface area contributed by atoms with Crippen molar-refractivity contribution in [3.63, 3.8) is 0 Å². The van der Waals surface area contributed by atoms with Gasteiger partial charge in [-0.15, -0.1) is 5.73 Å². The molecule has 0 fully saturated rings. The van der Waals surface area contributed by atoms with E-state index in [-0.39, 0.29) is 0 Å². The number of rotatable bonds is 6. The number of hydrogen-bond acceptors (Lipinski definition) is 1. The molecule has 58 heavy (non-hydrogen) atoms. The Morgan fingerprint density at radius 2 is 1.19 bits per heavy atom. The van der Waals surface area contributed by atoms with Gasteiger partial charge in [-0.3, -0.25) is 0 Å². The lowest BCUT2D eigenvalue weighted by Crippen LogP contribution is -2.08. The van der Waals surface area contributed by atoms with Crippen molar-refractivity contribution < 1.29 is 0 Å². The quantitative estimate of drug-likeness (QED) is 0.154. The second kappa shape index (κ2) is 17.8. The van der Waals surface area contributed by atoms with Crippen LogP contribution in [0.3, 0.4) is 0 Å². The fourth-order valence-electron chi connectivity index (χ4n) is 7.88. The Kier molecular flexibility index (Phi) is 11.6. The Morgan fingerprint density at radius 3 is 1.93 bits per heavy atom. The number of allylic oxidation sites excluding steroid dienone is 6. The third kappa shape index (κ3) is 7.93. The van der Waals surface area contributed by atoms with Gasteiger partial charge in [0.25, 0.3) is 0 Å². The van der Waals surface area contributed by atoms with E-state index in [1.54, 1.807) is 0 Å². The monoisotopic (exact) mass is 748 g/mol. The average molecular weight is 749 g/mol. The number of benzene rings is 7. The first-order valence-electron chi connectivity index (χ1n) is 20.4. The van der Waals surface area contributed by atoms with E-state index in [4.69, 9.17) is 0 Å². The smallest absolute Gasteiger partial charge is 0.0547 e. The summed E-state index contributed by atoms with van der Waals surface area (Å²) in [6, 6.07) is 60.6. The Hall–Kier alpha value is -7.12. The van der Waals surface area contributed by atoms with E-state index >= 15 is 0 Å². The van der Waals surface area contributed by atoms with Crippen LogP contribution in [0.5, 0.6) is 0 Å². The fraction of sp³-hybridized carbons (Fsp3) is 0.0893. The van der Waals surface area contributed by atoms with Gasteiger partial charge in [0.05, 0.1) is 11.0 Å². The molecule has 0 radical (unpaired) electrons. The lowest BCUT2D eigenvalue weighted by Gasteiger charge is -2.19. The molecule has 0 bridgehead atoms. The molecule has 7 aromatic carbocycles. The highest BCUT2D eigenvalue weighted by atomic mass is 15.1. The van der Waals surface area contributed by atoms with Gasteiger partial charge in [-0.1, -0.05) is 166 Å². The molecule has 0 N–H and O–H groups in total. The molecular formula is C56H48N2. The second-order valence-electron chi connectivity index (χ2n) is 14.2. The number of para-hydroxylation sites is 2. The maximum atomic E-state index is 3.24. The first-order chi connectivity index (χ1) is 28.7. The van der Waals surface area contributed by atoms with E-state index in [1.165, 1.54) is 83.4 Å². The normalized spacial score (nSPS) is 12.5. The number of hydrogen-bond donors (Lipinski definition) is 0. The fourth-order valence-corrected chi connectivity index (χ4v) is 7.88. The summed E-state index contributed by atoms with van der Waals surface area (Å²) in [6.07, 6.45) is 17.2. The number of anilines is 2. The molecular weight excluding hydrogens is 701 g/mol. The van der Waals surface area contributed by atoms with Crippen LogP contribution in [-0.2, 0) is 0 Å². The standard InChI is InChI=1S/C29H19N.C25H23N.C2H6/c1-3-10-21(11-4-1)23-13-9-14-24(20-23)30-27-17-8-7-16-26(27)29-25-15-6-2-5-12-22(25)18-19-28(29)30;1-26(24-10-6-3-7-11-24)25-18-16-23(17-19-25)22-14-12-21(13-15-22)20-8-4-2-5-9-20;1-2/h1-4,6-20H;2-4,6-8,10-19H,5,9H2,1H3;1-2H3. The van der Waals surface area contributed by atoms with Gasteiger partial charge in [0, 0.05) is 34.9 Å². The molecule has 0 aliphatic heterocycles. The third-order valence-electron chi connectivity index (χ3n) is 10.8. The number of aromatic nitrogens is 1. The van der Waals surface area contributed by atoms with Crippen LogP contribution in [0.1, 0.15) is 43.4 Å². The van der Waals surface area contributed by atoms with E-state index in [2.05, 4.69) is 222 Å². The minimum absolute atomic E-state index is 1.14. The van der Waals surface area contributed by atoms with Crippen LogP contribution in [0, 0.1) is 0 Å². The average Bonchev–Trinajstić information content (AvgIpc) is 3.46. The van der Waals surface area contributed by atoms with Crippen molar-refractivity contribution in [2.24, 2.45) is 0 Å². The van der Waals surface area contributed by atoms with Crippen LogP contribution in [0.4, 0.5) is 11.4 Å². The summed E-state index contributed by atoms with van der Waals surface area (Å²) in [6.45, 7) is 4.00. The maximum Gasteiger partial charge on any atom is 0.0547 e. The molecule has 282 valence electrons. The van der Waals surface area contributed by atoms with Gasteiger partial charge in [0.15, 0.2) is 0 Å². The van der Waals surface area contributed by atoms with E-state index in [1.807, 2.05) is 26.0 Å². The van der Waals surface area contributed by atoms with Crippen molar-refractivity contribution in [2.75, 3.05) is 11.9 Å². The van der Waals surface area contributed by atoms with Crippen molar-refractivity contribution in [2.45, 2.75) is 26.7 Å². The molecule has 0 spiro atoms. The van der Waals surface area contributed by atoms with Crippen LogP contribution in [0.2, 0.25) is 0 Å². The first-order valence-corrected chi connectivity index (χ1v) is 20.4. The van der Waals surface area contributed by atoms with Crippen molar-refractivity contribution in [3.8, 4) is 27.9 Å².